The maximum absolute atomic E-state index is 6.38. The number of hydrogen-bond acceptors (Lipinski definition) is 6. The van der Waals surface area contributed by atoms with Crippen molar-refractivity contribution in [2.24, 2.45) is 0 Å². The van der Waals surface area contributed by atoms with E-state index in [1.54, 1.807) is 10.7 Å². The van der Waals surface area contributed by atoms with Gasteiger partial charge in [-0.3, -0.25) is 4.98 Å². The highest BCUT2D eigenvalue weighted by Gasteiger charge is 2.22. The molecule has 4 aromatic rings. The van der Waals surface area contributed by atoms with Crippen LogP contribution in [0, 0.1) is 0 Å². The third kappa shape index (κ3) is 4.01. The lowest BCUT2D eigenvalue weighted by molar-refractivity contribution is 0.789. The van der Waals surface area contributed by atoms with Crippen molar-refractivity contribution in [3.05, 3.63) is 76.4 Å². The van der Waals surface area contributed by atoms with Crippen LogP contribution >= 0.6 is 23.2 Å². The lowest BCUT2D eigenvalue weighted by atomic mass is 10.0. The normalized spacial score (nSPS) is 13.5. The minimum absolute atomic E-state index is 0.401. The number of nitrogens with zero attached hydrogens (tertiary/aromatic N) is 6. The molecule has 0 spiro atoms. The van der Waals surface area contributed by atoms with Gasteiger partial charge in [-0.15, -0.1) is 0 Å². The number of benzene rings is 2. The highest BCUT2D eigenvalue weighted by atomic mass is 35.5. The molecule has 0 atom stereocenters. The predicted octanol–water partition coefficient (Wildman–Crippen LogP) is 5.24. The maximum atomic E-state index is 6.38. The molecule has 3 heterocycles. The van der Waals surface area contributed by atoms with Crippen LogP contribution in [0.4, 0.5) is 11.6 Å². The molecule has 2 aromatic heterocycles. The minimum atomic E-state index is 0.401. The Kier molecular flexibility index (Phi) is 5.92. The van der Waals surface area contributed by atoms with Crippen LogP contribution in [-0.2, 0) is 6.54 Å². The van der Waals surface area contributed by atoms with E-state index in [2.05, 4.69) is 37.9 Å². The number of rotatable bonds is 6. The molecule has 1 N–H and O–H groups in total. The zero-order chi connectivity index (χ0) is 21.9. The zero-order valence-corrected chi connectivity index (χ0v) is 18.8. The molecule has 1 fully saturated rings. The van der Waals surface area contributed by atoms with Gasteiger partial charge in [-0.1, -0.05) is 64.7 Å². The SMILES string of the molecule is Clc1cccc(-n2nnnc2NCc2ccnc(-c3ccccc3)c2N2CCCC2)c1Cl. The quantitative estimate of drug-likeness (QED) is 0.419. The van der Waals surface area contributed by atoms with Crippen LogP contribution in [0.15, 0.2) is 60.8 Å². The molecule has 7 nitrogen and oxygen atoms in total. The summed E-state index contributed by atoms with van der Waals surface area (Å²) in [5.41, 5.74) is 5.00. The molecular weight excluding hydrogens is 445 g/mol. The lowest BCUT2D eigenvalue weighted by Crippen LogP contribution is -2.22. The van der Waals surface area contributed by atoms with E-state index in [0.29, 0.717) is 28.2 Å². The summed E-state index contributed by atoms with van der Waals surface area (Å²) in [5, 5.41) is 16.3. The molecule has 32 heavy (non-hydrogen) atoms. The number of hydrogen-bond donors (Lipinski definition) is 1. The molecule has 0 saturated carbocycles. The highest BCUT2D eigenvalue weighted by molar-refractivity contribution is 6.43. The van der Waals surface area contributed by atoms with E-state index in [1.807, 2.05) is 42.6 Å². The number of aromatic nitrogens is 5. The standard InChI is InChI=1S/C23H21Cl2N7/c24-18-9-6-10-19(20(18)25)32-23(28-29-30-32)27-15-17-11-12-26-21(16-7-2-1-3-8-16)22(17)31-13-4-5-14-31/h1-3,6-12H,4-5,13-15H2,(H,27,28,30). The monoisotopic (exact) mass is 465 g/mol. The molecule has 0 amide bonds. The molecule has 1 saturated heterocycles. The molecule has 0 bridgehead atoms. The number of nitrogens with one attached hydrogen (secondary N) is 1. The van der Waals surface area contributed by atoms with Gasteiger partial charge in [-0.25, -0.2) is 0 Å². The van der Waals surface area contributed by atoms with Gasteiger partial charge < -0.3 is 10.2 Å². The summed E-state index contributed by atoms with van der Waals surface area (Å²) in [5.74, 6) is 0.486. The van der Waals surface area contributed by atoms with Gasteiger partial charge in [0.15, 0.2) is 0 Å². The van der Waals surface area contributed by atoms with E-state index in [4.69, 9.17) is 28.2 Å². The fourth-order valence-electron chi connectivity index (χ4n) is 4.03. The summed E-state index contributed by atoms with van der Waals surface area (Å²) in [6.07, 6.45) is 4.22. The molecule has 0 aliphatic carbocycles. The van der Waals surface area contributed by atoms with Gasteiger partial charge in [0.25, 0.3) is 0 Å². The minimum Gasteiger partial charge on any atom is -0.369 e. The van der Waals surface area contributed by atoms with Crippen molar-refractivity contribution in [3.8, 4) is 16.9 Å². The Balaban J connectivity index is 1.49. The number of tetrazole rings is 1. The average molecular weight is 466 g/mol. The van der Waals surface area contributed by atoms with Crippen molar-refractivity contribution in [2.45, 2.75) is 19.4 Å². The van der Waals surface area contributed by atoms with Crippen LogP contribution in [0.25, 0.3) is 16.9 Å². The van der Waals surface area contributed by atoms with Crippen molar-refractivity contribution in [2.75, 3.05) is 23.3 Å². The first-order chi connectivity index (χ1) is 15.7. The molecular formula is C23H21Cl2N7. The van der Waals surface area contributed by atoms with Crippen molar-refractivity contribution < 1.29 is 0 Å². The Labute approximate surface area is 196 Å². The molecule has 1 aliphatic rings. The molecule has 0 unspecified atom stereocenters. The lowest BCUT2D eigenvalue weighted by Gasteiger charge is -2.24. The maximum Gasteiger partial charge on any atom is 0.248 e. The van der Waals surface area contributed by atoms with Gasteiger partial charge in [0, 0.05) is 31.4 Å². The average Bonchev–Trinajstić information content (AvgIpc) is 3.52. The van der Waals surface area contributed by atoms with Gasteiger partial charge in [0.05, 0.1) is 27.1 Å². The van der Waals surface area contributed by atoms with Crippen LogP contribution in [0.3, 0.4) is 0 Å². The fraction of sp³-hybridized carbons (Fsp3) is 0.217. The summed E-state index contributed by atoms with van der Waals surface area (Å²) < 4.78 is 1.56. The molecule has 9 heteroatoms. The summed E-state index contributed by atoms with van der Waals surface area (Å²) in [6, 6.07) is 17.7. The first kappa shape index (κ1) is 20.7. The Bertz CT molecular complexity index is 1220. The predicted molar refractivity (Wildman–Crippen MR) is 128 cm³/mol. The molecule has 1 aliphatic heterocycles. The van der Waals surface area contributed by atoms with Crippen LogP contribution in [-0.4, -0.2) is 38.3 Å². The van der Waals surface area contributed by atoms with Crippen molar-refractivity contribution in [1.29, 1.82) is 0 Å². The number of anilines is 2. The Morgan fingerprint density at radius 1 is 0.938 bits per heavy atom. The fourth-order valence-corrected chi connectivity index (χ4v) is 4.40. The second-order valence-electron chi connectivity index (χ2n) is 7.57. The van der Waals surface area contributed by atoms with E-state index in [9.17, 15) is 0 Å². The number of pyridine rings is 1. The second kappa shape index (κ2) is 9.14. The van der Waals surface area contributed by atoms with Crippen LogP contribution in [0.5, 0.6) is 0 Å². The topological polar surface area (TPSA) is 71.8 Å². The van der Waals surface area contributed by atoms with Gasteiger partial charge >= 0.3 is 0 Å². The third-order valence-electron chi connectivity index (χ3n) is 5.54. The van der Waals surface area contributed by atoms with Crippen LogP contribution in [0.1, 0.15) is 18.4 Å². The van der Waals surface area contributed by atoms with Gasteiger partial charge in [-0.2, -0.15) is 4.68 Å². The third-order valence-corrected chi connectivity index (χ3v) is 6.35. The van der Waals surface area contributed by atoms with E-state index >= 15 is 0 Å². The van der Waals surface area contributed by atoms with E-state index in [0.717, 1.165) is 35.6 Å². The Morgan fingerprint density at radius 2 is 1.75 bits per heavy atom. The molecule has 162 valence electrons. The first-order valence-electron chi connectivity index (χ1n) is 10.5. The van der Waals surface area contributed by atoms with Crippen LogP contribution in [0.2, 0.25) is 10.0 Å². The van der Waals surface area contributed by atoms with Crippen molar-refractivity contribution in [1.82, 2.24) is 25.2 Å². The smallest absolute Gasteiger partial charge is 0.248 e. The molecule has 2 aromatic carbocycles. The van der Waals surface area contributed by atoms with E-state index in [1.165, 1.54) is 12.8 Å². The van der Waals surface area contributed by atoms with Crippen LogP contribution < -0.4 is 10.2 Å². The first-order valence-corrected chi connectivity index (χ1v) is 11.2. The summed E-state index contributed by atoms with van der Waals surface area (Å²) in [6.45, 7) is 2.58. The largest absolute Gasteiger partial charge is 0.369 e. The van der Waals surface area contributed by atoms with E-state index < -0.39 is 0 Å². The summed E-state index contributed by atoms with van der Waals surface area (Å²) in [4.78, 5) is 7.16. The summed E-state index contributed by atoms with van der Waals surface area (Å²) in [7, 11) is 0. The highest BCUT2D eigenvalue weighted by Crippen LogP contribution is 2.35. The van der Waals surface area contributed by atoms with Crippen molar-refractivity contribution >= 4 is 34.8 Å². The van der Waals surface area contributed by atoms with Gasteiger partial charge in [0.2, 0.25) is 5.95 Å². The Morgan fingerprint density at radius 3 is 2.56 bits per heavy atom. The van der Waals surface area contributed by atoms with Gasteiger partial charge in [0.1, 0.15) is 0 Å². The second-order valence-corrected chi connectivity index (χ2v) is 8.35. The number of halogens is 2. The molecule has 0 radical (unpaired) electrons. The van der Waals surface area contributed by atoms with E-state index in [-0.39, 0.29) is 0 Å². The van der Waals surface area contributed by atoms with Gasteiger partial charge in [-0.05, 0) is 47.0 Å². The summed E-state index contributed by atoms with van der Waals surface area (Å²) >= 11 is 12.6. The van der Waals surface area contributed by atoms with Crippen molar-refractivity contribution in [3.63, 3.8) is 0 Å². The Hall–Kier alpha value is -3.16. The zero-order valence-electron chi connectivity index (χ0n) is 17.2. The molecule has 5 rings (SSSR count).